The molecule has 0 saturated carbocycles. The maximum atomic E-state index is 12.2. The maximum absolute atomic E-state index is 12.2. The molecular weight excluding hydrogens is 294 g/mol. The predicted octanol–water partition coefficient (Wildman–Crippen LogP) is 1.78. The van der Waals surface area contributed by atoms with Crippen molar-refractivity contribution in [3.63, 3.8) is 0 Å². The Bertz CT molecular complexity index is 760. The molecule has 0 aliphatic rings. The monoisotopic (exact) mass is 307 g/mol. The minimum atomic E-state index is -3.84. The molecule has 7 nitrogen and oxygen atoms in total. The van der Waals surface area contributed by atoms with Crippen molar-refractivity contribution in [2.24, 2.45) is 0 Å². The number of rotatable bonds is 5. The summed E-state index contributed by atoms with van der Waals surface area (Å²) in [4.78, 5) is 14.2. The van der Waals surface area contributed by atoms with Gasteiger partial charge in [-0.3, -0.25) is 15.1 Å². The molecule has 0 aliphatic heterocycles. The van der Waals surface area contributed by atoms with E-state index in [4.69, 9.17) is 0 Å². The van der Waals surface area contributed by atoms with Crippen LogP contribution in [0.25, 0.3) is 0 Å². The quantitative estimate of drug-likeness (QED) is 0.670. The lowest BCUT2D eigenvalue weighted by molar-refractivity contribution is -0.385. The summed E-state index contributed by atoms with van der Waals surface area (Å²) in [5.74, 6) is 0. The minimum Gasteiger partial charge on any atom is -0.260 e. The number of nitrogens with one attached hydrogen (secondary N) is 1. The summed E-state index contributed by atoms with van der Waals surface area (Å²) in [5.41, 5.74) is 0.441. The molecule has 0 fully saturated rings. The van der Waals surface area contributed by atoms with Crippen molar-refractivity contribution in [1.82, 2.24) is 9.71 Å². The normalized spacial score (nSPS) is 11.3. The van der Waals surface area contributed by atoms with Crippen molar-refractivity contribution in [2.45, 2.75) is 18.4 Å². The van der Waals surface area contributed by atoms with Crippen LogP contribution in [0.5, 0.6) is 0 Å². The number of sulfonamides is 1. The first-order valence-electron chi connectivity index (χ1n) is 6.05. The van der Waals surface area contributed by atoms with Crippen molar-refractivity contribution in [3.05, 3.63) is 64.0 Å². The van der Waals surface area contributed by atoms with E-state index in [1.54, 1.807) is 24.4 Å². The zero-order valence-electron chi connectivity index (χ0n) is 11.2. The van der Waals surface area contributed by atoms with E-state index >= 15 is 0 Å². The molecule has 1 aromatic carbocycles. The van der Waals surface area contributed by atoms with E-state index in [1.165, 1.54) is 25.1 Å². The van der Waals surface area contributed by atoms with Gasteiger partial charge < -0.3 is 0 Å². The van der Waals surface area contributed by atoms with E-state index in [0.29, 0.717) is 5.69 Å². The predicted molar refractivity (Wildman–Crippen MR) is 76.1 cm³/mol. The van der Waals surface area contributed by atoms with Gasteiger partial charge in [-0.1, -0.05) is 12.1 Å². The van der Waals surface area contributed by atoms with Gasteiger partial charge in [0.2, 0.25) is 10.0 Å². The van der Waals surface area contributed by atoms with Gasteiger partial charge in [-0.15, -0.1) is 0 Å². The summed E-state index contributed by atoms with van der Waals surface area (Å²) in [5, 5.41) is 10.9. The Morgan fingerprint density at radius 3 is 2.62 bits per heavy atom. The smallest absolute Gasteiger partial charge is 0.260 e. The molecule has 2 rings (SSSR count). The van der Waals surface area contributed by atoms with Crippen molar-refractivity contribution in [1.29, 1.82) is 0 Å². The number of pyridine rings is 1. The fourth-order valence-electron chi connectivity index (χ4n) is 1.84. The van der Waals surface area contributed by atoms with E-state index in [9.17, 15) is 18.5 Å². The molecule has 0 radical (unpaired) electrons. The van der Waals surface area contributed by atoms with E-state index in [-0.39, 0.29) is 22.7 Å². The highest BCUT2D eigenvalue weighted by Crippen LogP contribution is 2.24. The number of nitrogens with zero attached hydrogens (tertiary/aromatic N) is 2. The number of benzene rings is 1. The fourth-order valence-corrected chi connectivity index (χ4v) is 3.10. The molecule has 0 spiro atoms. The Labute approximate surface area is 121 Å². The Kier molecular flexibility index (Phi) is 4.29. The highest BCUT2D eigenvalue weighted by atomic mass is 32.2. The third kappa shape index (κ3) is 3.41. The van der Waals surface area contributed by atoms with Gasteiger partial charge in [-0.25, -0.2) is 13.1 Å². The van der Waals surface area contributed by atoms with E-state index in [0.717, 1.165) is 0 Å². The molecule has 1 N–H and O–H groups in total. The molecule has 0 atom stereocenters. The molecular formula is C13H13N3O4S. The van der Waals surface area contributed by atoms with Crippen molar-refractivity contribution >= 4 is 15.7 Å². The number of hydrogen-bond acceptors (Lipinski definition) is 5. The number of nitro groups is 1. The van der Waals surface area contributed by atoms with Gasteiger partial charge in [0.1, 0.15) is 0 Å². The topological polar surface area (TPSA) is 102 Å². The molecule has 0 aliphatic carbocycles. The Morgan fingerprint density at radius 1 is 1.24 bits per heavy atom. The van der Waals surface area contributed by atoms with Crippen LogP contribution in [0, 0.1) is 17.0 Å². The van der Waals surface area contributed by atoms with Crippen LogP contribution in [-0.2, 0) is 16.6 Å². The van der Waals surface area contributed by atoms with Gasteiger partial charge in [0, 0.05) is 17.8 Å². The highest BCUT2D eigenvalue weighted by Gasteiger charge is 2.22. The first kappa shape index (κ1) is 15.1. The largest absolute Gasteiger partial charge is 0.273 e. The summed E-state index contributed by atoms with van der Waals surface area (Å²) in [7, 11) is -3.84. The lowest BCUT2D eigenvalue weighted by Gasteiger charge is -2.09. The second-order valence-electron chi connectivity index (χ2n) is 4.30. The Balaban J connectivity index is 2.28. The average molecular weight is 307 g/mol. The van der Waals surface area contributed by atoms with E-state index in [1.807, 2.05) is 0 Å². The third-order valence-electron chi connectivity index (χ3n) is 2.91. The summed E-state index contributed by atoms with van der Waals surface area (Å²) in [6, 6.07) is 9.11. The average Bonchev–Trinajstić information content (AvgIpc) is 2.46. The standard InChI is InChI=1S/C13H13N3O4S/c1-10-12(16(17)18)6-4-7-13(10)21(19,20)15-9-11-5-2-3-8-14-11/h2-8,15H,9H2,1H3. The van der Waals surface area contributed by atoms with E-state index in [2.05, 4.69) is 9.71 Å². The molecule has 8 heteroatoms. The molecule has 0 bridgehead atoms. The van der Waals surface area contributed by atoms with Gasteiger partial charge >= 0.3 is 0 Å². The zero-order chi connectivity index (χ0) is 15.5. The molecule has 1 heterocycles. The van der Waals surface area contributed by atoms with Crippen LogP contribution in [0.4, 0.5) is 5.69 Å². The third-order valence-corrected chi connectivity index (χ3v) is 4.46. The van der Waals surface area contributed by atoms with Gasteiger partial charge in [-0.2, -0.15) is 0 Å². The highest BCUT2D eigenvalue weighted by molar-refractivity contribution is 7.89. The summed E-state index contributed by atoms with van der Waals surface area (Å²) >= 11 is 0. The molecule has 0 amide bonds. The van der Waals surface area contributed by atoms with Crippen LogP contribution in [-0.4, -0.2) is 18.3 Å². The van der Waals surface area contributed by atoms with Crippen molar-refractivity contribution in [2.75, 3.05) is 0 Å². The van der Waals surface area contributed by atoms with Crippen LogP contribution in [0.15, 0.2) is 47.5 Å². The Morgan fingerprint density at radius 2 is 2.00 bits per heavy atom. The summed E-state index contributed by atoms with van der Waals surface area (Å²) in [6.07, 6.45) is 1.56. The van der Waals surface area contributed by atoms with Crippen molar-refractivity contribution in [3.8, 4) is 0 Å². The molecule has 110 valence electrons. The van der Waals surface area contributed by atoms with Crippen LogP contribution in [0.1, 0.15) is 11.3 Å². The van der Waals surface area contributed by atoms with Gasteiger partial charge in [0.25, 0.3) is 5.69 Å². The lowest BCUT2D eigenvalue weighted by atomic mass is 10.2. The zero-order valence-corrected chi connectivity index (χ0v) is 12.0. The lowest BCUT2D eigenvalue weighted by Crippen LogP contribution is -2.24. The fraction of sp³-hybridized carbons (Fsp3) is 0.154. The van der Waals surface area contributed by atoms with Crippen LogP contribution in [0.3, 0.4) is 0 Å². The van der Waals surface area contributed by atoms with Crippen LogP contribution >= 0.6 is 0 Å². The van der Waals surface area contributed by atoms with Crippen molar-refractivity contribution < 1.29 is 13.3 Å². The van der Waals surface area contributed by atoms with Crippen LogP contribution in [0.2, 0.25) is 0 Å². The Hall–Kier alpha value is -2.32. The first-order valence-corrected chi connectivity index (χ1v) is 7.54. The molecule has 1 aromatic heterocycles. The molecule has 2 aromatic rings. The molecule has 0 unspecified atom stereocenters. The minimum absolute atomic E-state index is 0.0192. The van der Waals surface area contributed by atoms with Gasteiger partial charge in [-0.05, 0) is 25.1 Å². The maximum Gasteiger partial charge on any atom is 0.273 e. The molecule has 0 saturated heterocycles. The summed E-state index contributed by atoms with van der Waals surface area (Å²) in [6.45, 7) is 1.43. The summed E-state index contributed by atoms with van der Waals surface area (Å²) < 4.78 is 26.9. The molecule has 21 heavy (non-hydrogen) atoms. The van der Waals surface area contributed by atoms with Crippen LogP contribution < -0.4 is 4.72 Å². The van der Waals surface area contributed by atoms with E-state index < -0.39 is 14.9 Å². The van der Waals surface area contributed by atoms with Gasteiger partial charge in [0.15, 0.2) is 0 Å². The second-order valence-corrected chi connectivity index (χ2v) is 6.04. The van der Waals surface area contributed by atoms with Gasteiger partial charge in [0.05, 0.1) is 22.1 Å². The number of hydrogen-bond donors (Lipinski definition) is 1. The SMILES string of the molecule is Cc1c([N+](=O)[O-])cccc1S(=O)(=O)NCc1ccccn1. The second kappa shape index (κ2) is 5.98. The number of nitro benzene ring substituents is 1. The number of aromatic nitrogens is 1. The first-order chi connectivity index (χ1) is 9.92.